The van der Waals surface area contributed by atoms with Gasteiger partial charge in [0.1, 0.15) is 17.4 Å². The van der Waals surface area contributed by atoms with Crippen LogP contribution in [0.25, 0.3) is 0 Å². The van der Waals surface area contributed by atoms with Gasteiger partial charge in [0.25, 0.3) is 5.91 Å². The average molecular weight is 244 g/mol. The van der Waals surface area contributed by atoms with E-state index in [1.807, 2.05) is 6.07 Å². The second-order valence-electron chi connectivity index (χ2n) is 4.85. The minimum atomic E-state index is -0.699. The van der Waals surface area contributed by atoms with E-state index in [1.165, 1.54) is 0 Å². The van der Waals surface area contributed by atoms with Crippen molar-refractivity contribution < 1.29 is 9.59 Å². The van der Waals surface area contributed by atoms with E-state index in [9.17, 15) is 9.59 Å². The number of nitrogens with two attached hydrogens (primary N) is 1. The topological polar surface area (TPSA) is 83.9 Å². The van der Waals surface area contributed by atoms with E-state index in [4.69, 9.17) is 11.0 Å². The number of fused-ring (bicyclic) bond motifs is 1. The summed E-state index contributed by atoms with van der Waals surface area (Å²) in [6.45, 7) is 0. The van der Waals surface area contributed by atoms with Crippen LogP contribution in [0.15, 0.2) is 22.8 Å². The molecule has 1 atom stereocenters. The monoisotopic (exact) mass is 244 g/mol. The lowest BCUT2D eigenvalue weighted by molar-refractivity contribution is -0.122. The van der Waals surface area contributed by atoms with E-state index in [-0.39, 0.29) is 11.5 Å². The SMILES string of the molecule is N#CC(=CC1=C2CCCCC2C(=O)CC1)C(N)=O. The number of hydrogen-bond acceptors (Lipinski definition) is 3. The molecule has 2 aliphatic carbocycles. The van der Waals surface area contributed by atoms with E-state index in [0.29, 0.717) is 18.6 Å². The molecular formula is C14H16N2O2. The van der Waals surface area contributed by atoms with Gasteiger partial charge in [-0.2, -0.15) is 5.26 Å². The smallest absolute Gasteiger partial charge is 0.259 e. The van der Waals surface area contributed by atoms with Gasteiger partial charge in [0, 0.05) is 12.3 Å². The molecule has 2 rings (SSSR count). The summed E-state index contributed by atoms with van der Waals surface area (Å²) in [6, 6.07) is 1.82. The number of ketones is 1. The molecular weight excluding hydrogens is 228 g/mol. The van der Waals surface area contributed by atoms with Crippen LogP contribution in [-0.4, -0.2) is 11.7 Å². The molecule has 0 heterocycles. The maximum absolute atomic E-state index is 11.9. The van der Waals surface area contributed by atoms with Crippen molar-refractivity contribution in [3.8, 4) is 6.07 Å². The lowest BCUT2D eigenvalue weighted by atomic mass is 9.73. The van der Waals surface area contributed by atoms with Crippen molar-refractivity contribution in [3.05, 3.63) is 22.8 Å². The van der Waals surface area contributed by atoms with Crippen LogP contribution in [0.5, 0.6) is 0 Å². The van der Waals surface area contributed by atoms with Gasteiger partial charge < -0.3 is 5.73 Å². The van der Waals surface area contributed by atoms with E-state index in [2.05, 4.69) is 0 Å². The van der Waals surface area contributed by atoms with Crippen molar-refractivity contribution >= 4 is 11.7 Å². The summed E-state index contributed by atoms with van der Waals surface area (Å²) in [5.74, 6) is -0.374. The van der Waals surface area contributed by atoms with Crippen molar-refractivity contribution in [2.24, 2.45) is 11.7 Å². The van der Waals surface area contributed by atoms with Crippen molar-refractivity contribution in [2.45, 2.75) is 38.5 Å². The van der Waals surface area contributed by atoms with E-state index < -0.39 is 5.91 Å². The van der Waals surface area contributed by atoms with Crippen LogP contribution in [0.3, 0.4) is 0 Å². The Morgan fingerprint density at radius 1 is 1.33 bits per heavy atom. The third-order valence-electron chi connectivity index (χ3n) is 3.76. The number of nitrogens with zero attached hydrogens (tertiary/aromatic N) is 1. The molecule has 4 nitrogen and oxygen atoms in total. The fraction of sp³-hybridized carbons (Fsp3) is 0.500. The molecule has 0 radical (unpaired) electrons. The first-order chi connectivity index (χ1) is 8.63. The predicted molar refractivity (Wildman–Crippen MR) is 66.1 cm³/mol. The van der Waals surface area contributed by atoms with Crippen LogP contribution >= 0.6 is 0 Å². The molecule has 0 aromatic carbocycles. The van der Waals surface area contributed by atoms with Crippen molar-refractivity contribution in [2.75, 3.05) is 0 Å². The molecule has 1 amide bonds. The summed E-state index contributed by atoms with van der Waals surface area (Å²) in [4.78, 5) is 22.9. The Hall–Kier alpha value is -1.89. The van der Waals surface area contributed by atoms with Gasteiger partial charge in [-0.25, -0.2) is 0 Å². The van der Waals surface area contributed by atoms with E-state index >= 15 is 0 Å². The number of amides is 1. The van der Waals surface area contributed by atoms with Gasteiger partial charge >= 0.3 is 0 Å². The number of carbonyl (C=O) groups excluding carboxylic acids is 2. The summed E-state index contributed by atoms with van der Waals surface area (Å²) in [5.41, 5.74) is 7.24. The Morgan fingerprint density at radius 3 is 2.78 bits per heavy atom. The maximum atomic E-state index is 11.9. The molecule has 0 bridgehead atoms. The Kier molecular flexibility index (Phi) is 3.61. The number of Topliss-reactive ketones (excluding diaryl/α,β-unsaturated/α-hetero) is 1. The lowest BCUT2D eigenvalue weighted by Gasteiger charge is -2.30. The Morgan fingerprint density at radius 2 is 2.11 bits per heavy atom. The van der Waals surface area contributed by atoms with Gasteiger partial charge in [0.15, 0.2) is 0 Å². The Bertz CT molecular complexity index is 494. The average Bonchev–Trinajstić information content (AvgIpc) is 2.38. The minimum absolute atomic E-state index is 0.0174. The highest BCUT2D eigenvalue weighted by Crippen LogP contribution is 2.38. The van der Waals surface area contributed by atoms with Crippen LogP contribution in [0.4, 0.5) is 0 Å². The Labute approximate surface area is 106 Å². The predicted octanol–water partition coefficient (Wildman–Crippen LogP) is 1.77. The molecule has 1 unspecified atom stereocenters. The quantitative estimate of drug-likeness (QED) is 0.593. The molecule has 18 heavy (non-hydrogen) atoms. The first-order valence-corrected chi connectivity index (χ1v) is 6.29. The minimum Gasteiger partial charge on any atom is -0.365 e. The zero-order valence-electron chi connectivity index (χ0n) is 10.2. The summed E-state index contributed by atoms with van der Waals surface area (Å²) in [5, 5.41) is 8.87. The molecule has 0 aromatic rings. The zero-order valence-corrected chi connectivity index (χ0v) is 10.2. The van der Waals surface area contributed by atoms with Crippen molar-refractivity contribution in [1.29, 1.82) is 5.26 Å². The fourth-order valence-electron chi connectivity index (χ4n) is 2.84. The molecule has 1 fully saturated rings. The highest BCUT2D eigenvalue weighted by atomic mass is 16.1. The molecule has 94 valence electrons. The number of hydrogen-bond donors (Lipinski definition) is 1. The molecule has 1 saturated carbocycles. The third-order valence-corrected chi connectivity index (χ3v) is 3.76. The molecule has 0 aromatic heterocycles. The van der Waals surface area contributed by atoms with Gasteiger partial charge in [-0.05, 0) is 37.3 Å². The summed E-state index contributed by atoms with van der Waals surface area (Å²) >= 11 is 0. The maximum Gasteiger partial charge on any atom is 0.259 e. The summed E-state index contributed by atoms with van der Waals surface area (Å²) in [7, 11) is 0. The van der Waals surface area contributed by atoms with Crippen LogP contribution in [-0.2, 0) is 9.59 Å². The lowest BCUT2D eigenvalue weighted by Crippen LogP contribution is -2.25. The number of carbonyl (C=O) groups is 2. The van der Waals surface area contributed by atoms with E-state index in [1.54, 1.807) is 6.08 Å². The number of primary amides is 1. The van der Waals surface area contributed by atoms with Gasteiger partial charge in [-0.1, -0.05) is 12.0 Å². The zero-order chi connectivity index (χ0) is 13.1. The summed E-state index contributed by atoms with van der Waals surface area (Å²) < 4.78 is 0. The number of nitriles is 1. The van der Waals surface area contributed by atoms with Gasteiger partial charge in [-0.15, -0.1) is 0 Å². The van der Waals surface area contributed by atoms with Gasteiger partial charge in [0.05, 0.1) is 0 Å². The number of rotatable bonds is 2. The molecule has 2 N–H and O–H groups in total. The first-order valence-electron chi connectivity index (χ1n) is 6.29. The largest absolute Gasteiger partial charge is 0.365 e. The highest BCUT2D eigenvalue weighted by molar-refractivity contribution is 5.96. The Balaban J connectivity index is 2.39. The molecule has 0 saturated heterocycles. The second kappa shape index (κ2) is 5.18. The highest BCUT2D eigenvalue weighted by Gasteiger charge is 2.31. The van der Waals surface area contributed by atoms with Crippen LogP contribution in [0.2, 0.25) is 0 Å². The third kappa shape index (κ3) is 2.35. The first kappa shape index (κ1) is 12.6. The molecule has 0 aliphatic heterocycles. The molecule has 4 heteroatoms. The standard InChI is InChI=1S/C14H16N2O2/c15-8-10(14(16)18)7-9-5-6-13(17)12-4-2-1-3-11(9)12/h7,12H,1-6H2,(H2,16,18). The normalized spacial score (nSPS) is 24.5. The second-order valence-corrected chi connectivity index (χ2v) is 4.85. The van der Waals surface area contributed by atoms with Crippen LogP contribution < -0.4 is 5.73 Å². The van der Waals surface area contributed by atoms with Gasteiger partial charge in [-0.3, -0.25) is 9.59 Å². The number of allylic oxidation sites excluding steroid dienone is 3. The van der Waals surface area contributed by atoms with Crippen LogP contribution in [0, 0.1) is 17.2 Å². The molecule has 0 spiro atoms. The molecule has 2 aliphatic rings. The van der Waals surface area contributed by atoms with E-state index in [0.717, 1.165) is 36.8 Å². The van der Waals surface area contributed by atoms with Crippen molar-refractivity contribution in [3.63, 3.8) is 0 Å². The van der Waals surface area contributed by atoms with Crippen molar-refractivity contribution in [1.82, 2.24) is 0 Å². The summed E-state index contributed by atoms with van der Waals surface area (Å²) in [6.07, 6.45) is 6.69. The van der Waals surface area contributed by atoms with Gasteiger partial charge in [0.2, 0.25) is 0 Å². The fourth-order valence-corrected chi connectivity index (χ4v) is 2.84. The van der Waals surface area contributed by atoms with Crippen LogP contribution in [0.1, 0.15) is 38.5 Å².